The Morgan fingerprint density at radius 2 is 2.12 bits per heavy atom. The second kappa shape index (κ2) is 6.36. The van der Waals surface area contributed by atoms with Crippen molar-refractivity contribution < 1.29 is 9.53 Å². The molecule has 2 N–H and O–H groups in total. The number of ether oxygens (including phenoxy) is 1. The summed E-state index contributed by atoms with van der Waals surface area (Å²) >= 11 is 0. The third-order valence-corrected chi connectivity index (χ3v) is 3.77. The molecule has 1 heterocycles. The fourth-order valence-electron chi connectivity index (χ4n) is 2.26. The number of hydrogen-bond donors (Lipinski definition) is 1. The highest BCUT2D eigenvalue weighted by Gasteiger charge is 2.29. The summed E-state index contributed by atoms with van der Waals surface area (Å²) < 4.78 is 5.53. The molecule has 1 fully saturated rings. The Balaban J connectivity index is 2.23. The first-order valence-electron chi connectivity index (χ1n) is 6.56. The normalized spacial score (nSPS) is 21.3. The fourth-order valence-corrected chi connectivity index (χ4v) is 2.26. The van der Waals surface area contributed by atoms with E-state index in [1.165, 1.54) is 6.42 Å². The van der Waals surface area contributed by atoms with E-state index >= 15 is 0 Å². The van der Waals surface area contributed by atoms with Crippen LogP contribution in [-0.2, 0) is 9.53 Å². The van der Waals surface area contributed by atoms with Crippen LogP contribution in [-0.4, -0.2) is 24.0 Å². The number of carbonyl (C=O) groups excluding carboxylic acids is 1. The molecule has 1 aliphatic heterocycles. The van der Waals surface area contributed by atoms with Crippen LogP contribution in [0.2, 0.25) is 0 Å². The topological polar surface area (TPSA) is 52.3 Å². The molecule has 0 radical (unpaired) electrons. The smallest absolute Gasteiger partial charge is 0.152 e. The SMILES string of the molecule is CCC(N)(CC)C(=O)CCCC1CCCO1. The van der Waals surface area contributed by atoms with Gasteiger partial charge in [0.1, 0.15) is 0 Å². The standard InChI is InChI=1S/C13H25NO2/c1-3-13(14,4-2)12(15)9-5-7-11-8-6-10-16-11/h11H,3-10,14H2,1-2H3. The third kappa shape index (κ3) is 3.56. The Kier molecular flexibility index (Phi) is 5.42. The van der Waals surface area contributed by atoms with E-state index in [1.54, 1.807) is 0 Å². The van der Waals surface area contributed by atoms with Crippen LogP contribution in [0.1, 0.15) is 58.8 Å². The highest BCUT2D eigenvalue weighted by molar-refractivity contribution is 5.87. The summed E-state index contributed by atoms with van der Waals surface area (Å²) in [6, 6.07) is 0. The average Bonchev–Trinajstić information content (AvgIpc) is 2.80. The Morgan fingerprint density at radius 3 is 2.62 bits per heavy atom. The van der Waals surface area contributed by atoms with Gasteiger partial charge in [-0.3, -0.25) is 4.79 Å². The maximum atomic E-state index is 11.9. The minimum Gasteiger partial charge on any atom is -0.378 e. The van der Waals surface area contributed by atoms with Crippen molar-refractivity contribution in [2.45, 2.75) is 70.4 Å². The molecule has 3 heteroatoms. The van der Waals surface area contributed by atoms with Gasteiger partial charge in [-0.25, -0.2) is 0 Å². The molecule has 0 bridgehead atoms. The molecule has 1 unspecified atom stereocenters. The van der Waals surface area contributed by atoms with Gasteiger partial charge < -0.3 is 10.5 Å². The van der Waals surface area contributed by atoms with E-state index in [4.69, 9.17) is 10.5 Å². The Labute approximate surface area is 98.7 Å². The van der Waals surface area contributed by atoms with Gasteiger partial charge in [0.05, 0.1) is 11.6 Å². The molecule has 3 nitrogen and oxygen atoms in total. The Morgan fingerprint density at radius 1 is 1.44 bits per heavy atom. The molecule has 0 aromatic heterocycles. The van der Waals surface area contributed by atoms with Gasteiger partial charge in [0.2, 0.25) is 0 Å². The summed E-state index contributed by atoms with van der Waals surface area (Å²) in [6.45, 7) is 4.87. The second-order valence-electron chi connectivity index (χ2n) is 4.81. The zero-order valence-corrected chi connectivity index (χ0v) is 10.6. The molecule has 0 spiro atoms. The van der Waals surface area contributed by atoms with E-state index in [1.807, 2.05) is 13.8 Å². The van der Waals surface area contributed by atoms with Crippen LogP contribution in [0, 0.1) is 0 Å². The summed E-state index contributed by atoms with van der Waals surface area (Å²) in [5.41, 5.74) is 5.47. The van der Waals surface area contributed by atoms with Crippen molar-refractivity contribution in [3.05, 3.63) is 0 Å². The third-order valence-electron chi connectivity index (χ3n) is 3.77. The van der Waals surface area contributed by atoms with Gasteiger partial charge in [0, 0.05) is 13.0 Å². The van der Waals surface area contributed by atoms with Crippen LogP contribution >= 0.6 is 0 Å². The minimum atomic E-state index is -0.587. The molecule has 1 rings (SSSR count). The van der Waals surface area contributed by atoms with Crippen molar-refractivity contribution in [3.8, 4) is 0 Å². The van der Waals surface area contributed by atoms with Gasteiger partial charge >= 0.3 is 0 Å². The number of hydrogen-bond acceptors (Lipinski definition) is 3. The van der Waals surface area contributed by atoms with Crippen molar-refractivity contribution in [3.63, 3.8) is 0 Å². The van der Waals surface area contributed by atoms with Crippen LogP contribution in [0.25, 0.3) is 0 Å². The van der Waals surface area contributed by atoms with Crippen molar-refractivity contribution in [1.82, 2.24) is 0 Å². The van der Waals surface area contributed by atoms with Crippen molar-refractivity contribution in [2.24, 2.45) is 5.73 Å². The quantitative estimate of drug-likeness (QED) is 0.726. The lowest BCUT2D eigenvalue weighted by Crippen LogP contribution is -2.46. The van der Waals surface area contributed by atoms with E-state index in [9.17, 15) is 4.79 Å². The lowest BCUT2D eigenvalue weighted by molar-refractivity contribution is -0.124. The molecule has 0 aromatic carbocycles. The maximum Gasteiger partial charge on any atom is 0.152 e. The molecule has 1 saturated heterocycles. The highest BCUT2D eigenvalue weighted by atomic mass is 16.5. The first-order chi connectivity index (χ1) is 7.62. The lowest BCUT2D eigenvalue weighted by Gasteiger charge is -2.25. The van der Waals surface area contributed by atoms with Gasteiger partial charge in [-0.1, -0.05) is 13.8 Å². The van der Waals surface area contributed by atoms with E-state index in [-0.39, 0.29) is 5.78 Å². The lowest BCUT2D eigenvalue weighted by atomic mass is 9.86. The largest absolute Gasteiger partial charge is 0.378 e. The molecule has 1 atom stereocenters. The monoisotopic (exact) mass is 227 g/mol. The summed E-state index contributed by atoms with van der Waals surface area (Å²) in [5, 5.41) is 0. The highest BCUT2D eigenvalue weighted by Crippen LogP contribution is 2.20. The molecule has 16 heavy (non-hydrogen) atoms. The summed E-state index contributed by atoms with van der Waals surface area (Å²) in [6.07, 6.45) is 6.73. The van der Waals surface area contributed by atoms with Crippen molar-refractivity contribution in [2.75, 3.05) is 6.61 Å². The molecule has 0 aromatic rings. The van der Waals surface area contributed by atoms with E-state index in [2.05, 4.69) is 0 Å². The number of rotatable bonds is 7. The Bertz CT molecular complexity index is 218. The minimum absolute atomic E-state index is 0.218. The van der Waals surface area contributed by atoms with Gasteiger partial charge in [-0.05, 0) is 38.5 Å². The van der Waals surface area contributed by atoms with Crippen LogP contribution < -0.4 is 5.73 Å². The summed E-state index contributed by atoms with van der Waals surface area (Å²) in [5.74, 6) is 0.218. The van der Waals surface area contributed by atoms with E-state index < -0.39 is 5.54 Å². The zero-order chi connectivity index (χ0) is 12.0. The molecule has 1 aliphatic rings. The second-order valence-corrected chi connectivity index (χ2v) is 4.81. The number of Topliss-reactive ketones (excluding diaryl/α,β-unsaturated/α-hetero) is 1. The number of carbonyl (C=O) groups is 1. The van der Waals surface area contributed by atoms with Crippen LogP contribution in [0.5, 0.6) is 0 Å². The van der Waals surface area contributed by atoms with E-state index in [0.29, 0.717) is 12.5 Å². The molecular formula is C13H25NO2. The molecular weight excluding hydrogens is 202 g/mol. The Hall–Kier alpha value is -0.410. The predicted octanol–water partition coefficient (Wildman–Crippen LogP) is 2.42. The van der Waals surface area contributed by atoms with Crippen LogP contribution in [0.4, 0.5) is 0 Å². The van der Waals surface area contributed by atoms with Crippen LogP contribution in [0.15, 0.2) is 0 Å². The summed E-state index contributed by atoms with van der Waals surface area (Å²) in [7, 11) is 0. The van der Waals surface area contributed by atoms with Gasteiger partial charge in [0.15, 0.2) is 5.78 Å². The van der Waals surface area contributed by atoms with Gasteiger partial charge in [-0.15, -0.1) is 0 Å². The first-order valence-corrected chi connectivity index (χ1v) is 6.56. The molecule has 94 valence electrons. The van der Waals surface area contributed by atoms with Gasteiger partial charge in [-0.2, -0.15) is 0 Å². The maximum absolute atomic E-state index is 11.9. The van der Waals surface area contributed by atoms with Gasteiger partial charge in [0.25, 0.3) is 0 Å². The predicted molar refractivity (Wildman–Crippen MR) is 65.3 cm³/mol. The van der Waals surface area contributed by atoms with Crippen molar-refractivity contribution >= 4 is 5.78 Å². The molecule has 0 saturated carbocycles. The zero-order valence-electron chi connectivity index (χ0n) is 10.6. The fraction of sp³-hybridized carbons (Fsp3) is 0.923. The first kappa shape index (κ1) is 13.7. The van der Waals surface area contributed by atoms with Crippen LogP contribution in [0.3, 0.4) is 0 Å². The van der Waals surface area contributed by atoms with E-state index in [0.717, 1.165) is 38.7 Å². The molecule has 0 amide bonds. The average molecular weight is 227 g/mol. The van der Waals surface area contributed by atoms with Crippen molar-refractivity contribution in [1.29, 1.82) is 0 Å². The number of nitrogens with two attached hydrogens (primary N) is 1. The molecule has 0 aliphatic carbocycles. The summed E-state index contributed by atoms with van der Waals surface area (Å²) in [4.78, 5) is 11.9. The number of ketones is 1.